The minimum Gasteiger partial charge on any atom is -0.493 e. The van der Waals surface area contributed by atoms with Gasteiger partial charge in [-0.25, -0.2) is 10.2 Å². The number of ether oxygens (including phenoxy) is 2. The van der Waals surface area contributed by atoms with Gasteiger partial charge >= 0.3 is 5.97 Å². The van der Waals surface area contributed by atoms with Gasteiger partial charge < -0.3 is 9.47 Å². The molecule has 3 aromatic carbocycles. The number of hydrazone groups is 1. The number of nitrogens with one attached hydrogen (secondary N) is 1. The van der Waals surface area contributed by atoms with Gasteiger partial charge in [-0.1, -0.05) is 53.5 Å². The first-order valence-corrected chi connectivity index (χ1v) is 13.2. The Morgan fingerprint density at radius 2 is 1.85 bits per heavy atom. The Morgan fingerprint density at radius 1 is 1.05 bits per heavy atom. The van der Waals surface area contributed by atoms with Crippen LogP contribution in [0.3, 0.4) is 0 Å². The molecule has 1 amide bonds. The average Bonchev–Trinajstić information content (AvgIpc) is 3.55. The van der Waals surface area contributed by atoms with E-state index in [2.05, 4.69) is 15.6 Å². The van der Waals surface area contributed by atoms with Crippen LogP contribution in [0.1, 0.15) is 31.3 Å². The zero-order chi connectivity index (χ0) is 27.4. The number of carbonyl (C=O) groups excluding carboxylic acids is 2. The Labute approximate surface area is 237 Å². The first-order valence-electron chi connectivity index (χ1n) is 11.6. The predicted molar refractivity (Wildman–Crippen MR) is 153 cm³/mol. The fourth-order valence-corrected chi connectivity index (χ4v) is 5.22. The molecular weight excluding hydrogens is 559 g/mol. The van der Waals surface area contributed by atoms with Crippen molar-refractivity contribution in [1.29, 1.82) is 0 Å². The van der Waals surface area contributed by atoms with Crippen molar-refractivity contribution in [3.8, 4) is 11.5 Å². The number of halogens is 2. The molecule has 0 saturated heterocycles. The summed E-state index contributed by atoms with van der Waals surface area (Å²) in [4.78, 5) is 25.6. The van der Waals surface area contributed by atoms with Crippen molar-refractivity contribution in [3.05, 3.63) is 111 Å². The third kappa shape index (κ3) is 6.12. The van der Waals surface area contributed by atoms with Gasteiger partial charge in [-0.05, 0) is 53.6 Å². The highest BCUT2D eigenvalue weighted by Gasteiger charge is 2.20. The molecule has 0 fully saturated rings. The molecule has 5 rings (SSSR count). The molecule has 1 N–H and O–H groups in total. The van der Waals surface area contributed by atoms with Crippen LogP contribution >= 0.6 is 34.5 Å². The van der Waals surface area contributed by atoms with Gasteiger partial charge in [-0.2, -0.15) is 10.2 Å². The van der Waals surface area contributed by atoms with Crippen LogP contribution in [-0.2, 0) is 6.54 Å². The van der Waals surface area contributed by atoms with Gasteiger partial charge in [0.1, 0.15) is 4.88 Å². The minimum absolute atomic E-state index is 0.223. The van der Waals surface area contributed by atoms with E-state index in [-0.39, 0.29) is 11.4 Å². The third-order valence-corrected chi connectivity index (χ3v) is 7.53. The number of hydrogen-bond donors (Lipinski definition) is 1. The maximum Gasteiger partial charge on any atom is 0.355 e. The van der Waals surface area contributed by atoms with Gasteiger partial charge in [0.05, 0.1) is 24.9 Å². The van der Waals surface area contributed by atoms with Crippen molar-refractivity contribution in [2.24, 2.45) is 5.10 Å². The molecule has 8 nitrogen and oxygen atoms in total. The van der Waals surface area contributed by atoms with Gasteiger partial charge in [0.2, 0.25) is 0 Å². The number of hydrogen-bond acceptors (Lipinski definition) is 7. The van der Waals surface area contributed by atoms with Crippen molar-refractivity contribution in [2.45, 2.75) is 6.54 Å². The number of esters is 1. The molecule has 11 heteroatoms. The lowest BCUT2D eigenvalue weighted by atomic mass is 10.2. The largest absolute Gasteiger partial charge is 0.493 e. The predicted octanol–water partition coefficient (Wildman–Crippen LogP) is 6.44. The van der Waals surface area contributed by atoms with Crippen molar-refractivity contribution >= 4 is 62.7 Å². The molecule has 0 saturated carbocycles. The molecule has 2 heterocycles. The molecule has 0 spiro atoms. The van der Waals surface area contributed by atoms with Gasteiger partial charge in [-0.3, -0.25) is 9.48 Å². The summed E-state index contributed by atoms with van der Waals surface area (Å²) in [5, 5.41) is 10.1. The first kappa shape index (κ1) is 26.4. The summed E-state index contributed by atoms with van der Waals surface area (Å²) in [6, 6.07) is 21.4. The first-order chi connectivity index (χ1) is 18.9. The third-order valence-electron chi connectivity index (χ3n) is 5.62. The van der Waals surface area contributed by atoms with E-state index in [4.69, 9.17) is 32.7 Å². The molecule has 0 bridgehead atoms. The Bertz CT molecular complexity index is 1700. The van der Waals surface area contributed by atoms with Gasteiger partial charge in [-0.15, -0.1) is 11.3 Å². The lowest BCUT2D eigenvalue weighted by Gasteiger charge is -2.09. The van der Waals surface area contributed by atoms with Crippen LogP contribution in [0.4, 0.5) is 0 Å². The van der Waals surface area contributed by atoms with E-state index >= 15 is 0 Å². The Kier molecular flexibility index (Phi) is 7.92. The van der Waals surface area contributed by atoms with Crippen LogP contribution in [0, 0.1) is 0 Å². The van der Waals surface area contributed by atoms with E-state index in [1.807, 2.05) is 36.4 Å². The molecule has 0 atom stereocenters. The number of thiophene rings is 1. The Morgan fingerprint density at radius 3 is 2.62 bits per heavy atom. The van der Waals surface area contributed by atoms with Crippen molar-refractivity contribution in [3.63, 3.8) is 0 Å². The molecule has 0 aliphatic heterocycles. The second-order valence-corrected chi connectivity index (χ2v) is 10.1. The maximum absolute atomic E-state index is 12.8. The van der Waals surface area contributed by atoms with Crippen molar-refractivity contribution < 1.29 is 19.1 Å². The summed E-state index contributed by atoms with van der Waals surface area (Å²) in [6.45, 7) is 0.500. The molecule has 196 valence electrons. The number of nitrogens with zero attached hydrogens (tertiary/aromatic N) is 3. The van der Waals surface area contributed by atoms with Crippen LogP contribution in [0.15, 0.2) is 84.1 Å². The summed E-state index contributed by atoms with van der Waals surface area (Å²) in [5.74, 6) is -0.497. The monoisotopic (exact) mass is 578 g/mol. The maximum atomic E-state index is 12.8. The van der Waals surface area contributed by atoms with Crippen LogP contribution < -0.4 is 14.9 Å². The number of fused-ring (bicyclic) bond motifs is 1. The second kappa shape index (κ2) is 11.7. The number of aromatic nitrogens is 2. The molecule has 2 aromatic heterocycles. The average molecular weight is 579 g/mol. The van der Waals surface area contributed by atoms with E-state index < -0.39 is 11.9 Å². The Hall–Kier alpha value is -4.18. The second-order valence-electron chi connectivity index (χ2n) is 8.27. The zero-order valence-corrected chi connectivity index (χ0v) is 22.8. The number of amides is 1. The van der Waals surface area contributed by atoms with E-state index in [1.54, 1.807) is 47.3 Å². The van der Waals surface area contributed by atoms with Gasteiger partial charge in [0.15, 0.2) is 17.2 Å². The van der Waals surface area contributed by atoms with E-state index in [9.17, 15) is 9.59 Å². The van der Waals surface area contributed by atoms with Crippen LogP contribution in [0.25, 0.3) is 10.1 Å². The van der Waals surface area contributed by atoms with Crippen molar-refractivity contribution in [2.75, 3.05) is 7.11 Å². The fourth-order valence-electron chi connectivity index (χ4n) is 3.71. The number of methoxy groups -OCH3 is 1. The lowest BCUT2D eigenvalue weighted by molar-refractivity contribution is 0.0734. The zero-order valence-electron chi connectivity index (χ0n) is 20.4. The highest BCUT2D eigenvalue weighted by atomic mass is 35.5. The molecule has 5 aromatic rings. The molecule has 0 aliphatic rings. The van der Waals surface area contributed by atoms with E-state index in [1.165, 1.54) is 24.7 Å². The normalized spacial score (nSPS) is 11.2. The summed E-state index contributed by atoms with van der Waals surface area (Å²) < 4.78 is 13.5. The smallest absolute Gasteiger partial charge is 0.355 e. The Balaban J connectivity index is 1.21. The van der Waals surface area contributed by atoms with Gasteiger partial charge in [0.25, 0.3) is 5.91 Å². The molecule has 0 aliphatic carbocycles. The summed E-state index contributed by atoms with van der Waals surface area (Å²) in [5.41, 5.74) is 4.29. The van der Waals surface area contributed by atoms with Crippen LogP contribution in [0.5, 0.6) is 11.5 Å². The summed E-state index contributed by atoms with van der Waals surface area (Å²) in [6.07, 6.45) is 3.16. The minimum atomic E-state index is -0.580. The summed E-state index contributed by atoms with van der Waals surface area (Å²) in [7, 11) is 1.46. The number of benzene rings is 3. The SMILES string of the molecule is COc1cc(/C=N/NC(=O)c2ccn(Cc3ccc(Cl)cc3)n2)ccc1OC(=O)c1sc2ccccc2c1Cl. The van der Waals surface area contributed by atoms with E-state index in [0.29, 0.717) is 32.8 Å². The standard InChI is InChI=1S/C28H20Cl2N4O4S/c1-37-23-14-18(8-11-22(23)38-28(36)26-25(30)20-4-2-3-5-24(20)39-26)15-31-32-27(35)21-12-13-34(33-21)16-17-6-9-19(29)10-7-17/h2-15H,16H2,1H3,(H,32,35)/b31-15+. The number of rotatable bonds is 8. The topological polar surface area (TPSA) is 94.8 Å². The number of carbonyl (C=O) groups is 2. The molecule has 39 heavy (non-hydrogen) atoms. The highest BCUT2D eigenvalue weighted by molar-refractivity contribution is 7.21. The lowest BCUT2D eigenvalue weighted by Crippen LogP contribution is -2.18. The van der Waals surface area contributed by atoms with Crippen LogP contribution in [-0.4, -0.2) is 35.0 Å². The van der Waals surface area contributed by atoms with Gasteiger partial charge in [0, 0.05) is 21.3 Å². The molecule has 0 unspecified atom stereocenters. The van der Waals surface area contributed by atoms with Crippen LogP contribution in [0.2, 0.25) is 10.0 Å². The summed E-state index contributed by atoms with van der Waals surface area (Å²) >= 11 is 13.6. The van der Waals surface area contributed by atoms with E-state index in [0.717, 1.165) is 15.6 Å². The molecule has 0 radical (unpaired) electrons. The molecular formula is C28H20Cl2N4O4S. The quantitative estimate of drug-likeness (QED) is 0.0988. The van der Waals surface area contributed by atoms with Crippen molar-refractivity contribution in [1.82, 2.24) is 15.2 Å². The highest BCUT2D eigenvalue weighted by Crippen LogP contribution is 2.37. The fraction of sp³-hybridized carbons (Fsp3) is 0.0714.